The van der Waals surface area contributed by atoms with Crippen molar-refractivity contribution in [2.45, 2.75) is 46.1 Å². The topological polar surface area (TPSA) is 17.8 Å². The van der Waals surface area contributed by atoms with Gasteiger partial charge in [-0.2, -0.15) is 0 Å². The van der Waals surface area contributed by atoms with Crippen molar-refractivity contribution in [1.29, 1.82) is 0 Å². The molecule has 17 heavy (non-hydrogen) atoms. The van der Waals surface area contributed by atoms with E-state index in [2.05, 4.69) is 50.2 Å². The molecule has 2 nitrogen and oxygen atoms in total. The quantitative estimate of drug-likeness (QED) is 0.678. The monoisotopic (exact) mass is 250 g/mol. The van der Waals surface area contributed by atoms with E-state index in [0.717, 1.165) is 11.0 Å². The molecule has 0 saturated carbocycles. The van der Waals surface area contributed by atoms with Gasteiger partial charge in [0.2, 0.25) is 0 Å². The van der Waals surface area contributed by atoms with Crippen molar-refractivity contribution in [3.63, 3.8) is 0 Å². The van der Waals surface area contributed by atoms with E-state index in [1.165, 1.54) is 5.69 Å². The summed E-state index contributed by atoms with van der Waals surface area (Å²) in [5.41, 5.74) is 2.40. The Hall–Kier alpha value is -1.02. The summed E-state index contributed by atoms with van der Waals surface area (Å²) >= 11 is 5.99. The van der Waals surface area contributed by atoms with Gasteiger partial charge in [0, 0.05) is 22.5 Å². The minimum atomic E-state index is 0.109. The van der Waals surface area contributed by atoms with Crippen LogP contribution in [0.2, 0.25) is 5.15 Å². The molecule has 3 heteroatoms. The Morgan fingerprint density at radius 2 is 1.88 bits per heavy atom. The van der Waals surface area contributed by atoms with Crippen LogP contribution in [0.25, 0.3) is 11.0 Å². The van der Waals surface area contributed by atoms with E-state index in [-0.39, 0.29) is 5.41 Å². The molecule has 0 amide bonds. The van der Waals surface area contributed by atoms with Crippen LogP contribution < -0.4 is 0 Å². The second-order valence-electron chi connectivity index (χ2n) is 5.79. The molecule has 0 aliphatic rings. The predicted octanol–water partition coefficient (Wildman–Crippen LogP) is 4.57. The van der Waals surface area contributed by atoms with Crippen molar-refractivity contribution in [1.82, 2.24) is 9.55 Å². The third kappa shape index (κ3) is 2.19. The number of hydrogen-bond acceptors (Lipinski definition) is 1. The van der Waals surface area contributed by atoms with Gasteiger partial charge in [-0.3, -0.25) is 0 Å². The molecule has 0 saturated heterocycles. The zero-order valence-corrected chi connectivity index (χ0v) is 11.8. The van der Waals surface area contributed by atoms with Crippen LogP contribution in [0.3, 0.4) is 0 Å². The maximum absolute atomic E-state index is 5.99. The fraction of sp³-hybridized carbons (Fsp3) is 0.500. The molecule has 0 bridgehead atoms. The second kappa shape index (κ2) is 4.02. The Morgan fingerprint density at radius 1 is 1.24 bits per heavy atom. The molecule has 0 fully saturated rings. The van der Waals surface area contributed by atoms with E-state index in [1.807, 2.05) is 12.1 Å². The molecule has 0 unspecified atom stereocenters. The third-order valence-corrected chi connectivity index (χ3v) is 3.15. The summed E-state index contributed by atoms with van der Waals surface area (Å²) in [4.78, 5) is 4.46. The number of nitrogens with zero attached hydrogens (tertiary/aromatic N) is 2. The van der Waals surface area contributed by atoms with Crippen LogP contribution in [0.4, 0.5) is 0 Å². The van der Waals surface area contributed by atoms with E-state index in [0.29, 0.717) is 11.2 Å². The molecule has 0 aliphatic carbocycles. The summed E-state index contributed by atoms with van der Waals surface area (Å²) in [6.45, 7) is 11.0. The Morgan fingerprint density at radius 3 is 2.41 bits per heavy atom. The predicted molar refractivity (Wildman–Crippen MR) is 73.8 cm³/mol. The Bertz CT molecular complexity index is 547. The van der Waals surface area contributed by atoms with Gasteiger partial charge < -0.3 is 4.57 Å². The number of halogens is 1. The van der Waals surface area contributed by atoms with E-state index in [4.69, 9.17) is 11.6 Å². The Balaban J connectivity index is 2.81. The van der Waals surface area contributed by atoms with Gasteiger partial charge in [0.05, 0.1) is 0 Å². The van der Waals surface area contributed by atoms with Crippen LogP contribution in [0.15, 0.2) is 18.2 Å². The lowest BCUT2D eigenvalue weighted by Gasteiger charge is -2.24. The molecule has 2 rings (SSSR count). The molecular weight excluding hydrogens is 232 g/mol. The minimum absolute atomic E-state index is 0.109. The summed E-state index contributed by atoms with van der Waals surface area (Å²) in [5.74, 6) is 0. The standard InChI is InChI=1S/C14H19ClN2/c1-9(2)17-11(14(3,4)5)8-10-6-7-12(15)16-13(10)17/h6-9H,1-5H3. The highest BCUT2D eigenvalue weighted by Gasteiger charge is 2.22. The fourth-order valence-electron chi connectivity index (χ4n) is 2.17. The van der Waals surface area contributed by atoms with Gasteiger partial charge in [-0.1, -0.05) is 32.4 Å². The average molecular weight is 251 g/mol. The molecule has 92 valence electrons. The number of pyridine rings is 1. The van der Waals surface area contributed by atoms with Crippen LogP contribution >= 0.6 is 11.6 Å². The molecule has 0 aliphatic heterocycles. The Labute approximate surface area is 108 Å². The molecule has 2 heterocycles. The summed E-state index contributed by atoms with van der Waals surface area (Å²) in [7, 11) is 0. The maximum atomic E-state index is 5.99. The second-order valence-corrected chi connectivity index (χ2v) is 6.18. The first-order chi connectivity index (χ1) is 7.80. The molecular formula is C14H19ClN2. The van der Waals surface area contributed by atoms with Crippen LogP contribution in [-0.2, 0) is 5.41 Å². The van der Waals surface area contributed by atoms with Crippen molar-refractivity contribution in [3.05, 3.63) is 29.0 Å². The SMILES string of the molecule is CC(C)n1c(C(C)(C)C)cc2ccc(Cl)nc21. The first-order valence-corrected chi connectivity index (χ1v) is 6.36. The van der Waals surface area contributed by atoms with Crippen molar-refractivity contribution < 1.29 is 0 Å². The van der Waals surface area contributed by atoms with Gasteiger partial charge in [-0.25, -0.2) is 4.98 Å². The van der Waals surface area contributed by atoms with Gasteiger partial charge in [0.25, 0.3) is 0 Å². The van der Waals surface area contributed by atoms with Crippen molar-refractivity contribution in [3.8, 4) is 0 Å². The van der Waals surface area contributed by atoms with Gasteiger partial charge in [0.15, 0.2) is 0 Å². The van der Waals surface area contributed by atoms with Crippen LogP contribution in [0, 0.1) is 0 Å². The lowest BCUT2D eigenvalue weighted by Crippen LogP contribution is -2.19. The number of rotatable bonds is 1. The maximum Gasteiger partial charge on any atom is 0.142 e. The van der Waals surface area contributed by atoms with Gasteiger partial charge in [-0.15, -0.1) is 0 Å². The lowest BCUT2D eigenvalue weighted by atomic mass is 9.92. The molecule has 2 aromatic heterocycles. The Kier molecular flexibility index (Phi) is 2.94. The lowest BCUT2D eigenvalue weighted by molar-refractivity contribution is 0.492. The van der Waals surface area contributed by atoms with Gasteiger partial charge in [-0.05, 0) is 32.0 Å². The average Bonchev–Trinajstić information content (AvgIpc) is 2.55. The highest BCUT2D eigenvalue weighted by Crippen LogP contribution is 2.31. The number of aromatic nitrogens is 2. The highest BCUT2D eigenvalue weighted by atomic mass is 35.5. The number of fused-ring (bicyclic) bond motifs is 1. The molecule has 0 aromatic carbocycles. The molecule has 0 N–H and O–H groups in total. The fourth-order valence-corrected chi connectivity index (χ4v) is 2.32. The van der Waals surface area contributed by atoms with Gasteiger partial charge >= 0.3 is 0 Å². The molecule has 0 spiro atoms. The summed E-state index contributed by atoms with van der Waals surface area (Å²) in [5, 5.41) is 1.71. The highest BCUT2D eigenvalue weighted by molar-refractivity contribution is 6.29. The van der Waals surface area contributed by atoms with Crippen molar-refractivity contribution in [2.75, 3.05) is 0 Å². The van der Waals surface area contributed by atoms with E-state index < -0.39 is 0 Å². The van der Waals surface area contributed by atoms with E-state index >= 15 is 0 Å². The van der Waals surface area contributed by atoms with Crippen LogP contribution in [-0.4, -0.2) is 9.55 Å². The number of hydrogen-bond donors (Lipinski definition) is 0. The smallest absolute Gasteiger partial charge is 0.142 e. The first kappa shape index (κ1) is 12.4. The zero-order valence-electron chi connectivity index (χ0n) is 11.1. The van der Waals surface area contributed by atoms with Crippen LogP contribution in [0.1, 0.15) is 46.4 Å². The minimum Gasteiger partial charge on any atom is -0.327 e. The summed E-state index contributed by atoms with van der Waals surface area (Å²) in [6.07, 6.45) is 0. The third-order valence-electron chi connectivity index (χ3n) is 2.94. The van der Waals surface area contributed by atoms with Crippen molar-refractivity contribution in [2.24, 2.45) is 0 Å². The molecule has 0 atom stereocenters. The van der Waals surface area contributed by atoms with E-state index in [9.17, 15) is 0 Å². The van der Waals surface area contributed by atoms with E-state index in [1.54, 1.807) is 0 Å². The summed E-state index contributed by atoms with van der Waals surface area (Å²) in [6, 6.07) is 6.49. The first-order valence-electron chi connectivity index (χ1n) is 5.98. The summed E-state index contributed by atoms with van der Waals surface area (Å²) < 4.78 is 2.28. The zero-order chi connectivity index (χ0) is 12.8. The van der Waals surface area contributed by atoms with Crippen molar-refractivity contribution >= 4 is 22.6 Å². The molecule has 0 radical (unpaired) electrons. The van der Waals surface area contributed by atoms with Gasteiger partial charge in [0.1, 0.15) is 10.8 Å². The molecule has 2 aromatic rings. The van der Waals surface area contributed by atoms with Crippen LogP contribution in [0.5, 0.6) is 0 Å². The largest absolute Gasteiger partial charge is 0.327 e. The normalized spacial score (nSPS) is 12.6.